The van der Waals surface area contributed by atoms with Gasteiger partial charge in [-0.15, -0.1) is 0 Å². The number of nitrogens with one attached hydrogen (secondary N) is 2. The van der Waals surface area contributed by atoms with Gasteiger partial charge in [0.15, 0.2) is 0 Å². The van der Waals surface area contributed by atoms with Gasteiger partial charge in [-0.2, -0.15) is 0 Å². The molecule has 0 radical (unpaired) electrons. The van der Waals surface area contributed by atoms with E-state index in [4.69, 9.17) is 14.6 Å². The Bertz CT molecular complexity index is 1020. The average molecular weight is 411 g/mol. The summed E-state index contributed by atoms with van der Waals surface area (Å²) in [6, 6.07) is 12.0. The fraction of sp³-hybridized carbons (Fsp3) is 0.190. The van der Waals surface area contributed by atoms with E-state index in [1.807, 2.05) is 18.2 Å². The first-order chi connectivity index (χ1) is 14.5. The number of benzene rings is 2. The number of hydrogen-bond acceptors (Lipinski definition) is 8. The summed E-state index contributed by atoms with van der Waals surface area (Å²) in [6.45, 7) is -0.440. The van der Waals surface area contributed by atoms with E-state index in [2.05, 4.69) is 10.6 Å². The molecule has 0 saturated carbocycles. The molecule has 1 heterocycles. The van der Waals surface area contributed by atoms with Crippen LogP contribution >= 0.6 is 0 Å². The molecule has 9 nitrogen and oxygen atoms in total. The highest BCUT2D eigenvalue weighted by molar-refractivity contribution is 6.17. The number of aliphatic hydroxyl groups is 1. The number of carbonyl (C=O) groups excluding carboxylic acids is 3. The lowest BCUT2D eigenvalue weighted by molar-refractivity contribution is -0.137. The number of nitrogens with zero attached hydrogens (tertiary/aromatic N) is 1. The summed E-state index contributed by atoms with van der Waals surface area (Å²) >= 11 is 0. The Morgan fingerprint density at radius 1 is 1.03 bits per heavy atom. The molecule has 0 saturated heterocycles. The van der Waals surface area contributed by atoms with Gasteiger partial charge in [0.2, 0.25) is 0 Å². The first kappa shape index (κ1) is 20.9. The number of ether oxygens (including phenoxy) is 2. The van der Waals surface area contributed by atoms with Crippen LogP contribution in [0.15, 0.2) is 54.2 Å². The Balaban J connectivity index is 1.96. The van der Waals surface area contributed by atoms with Gasteiger partial charge in [-0.3, -0.25) is 14.5 Å². The quantitative estimate of drug-likeness (QED) is 0.445. The zero-order chi connectivity index (χ0) is 21.7. The zero-order valence-electron chi connectivity index (χ0n) is 16.5. The SMILES string of the molecule is COC(=O)c1ccc(Nc2ccccc2OC)c(NC2=CC(=O)N(CCO)C2=O)c1. The number of amides is 2. The maximum absolute atomic E-state index is 12.5. The van der Waals surface area contributed by atoms with Crippen molar-refractivity contribution in [3.05, 3.63) is 59.8 Å². The molecule has 0 bridgehead atoms. The molecule has 1 aliphatic heterocycles. The van der Waals surface area contributed by atoms with Gasteiger partial charge < -0.3 is 25.2 Å². The van der Waals surface area contributed by atoms with Crippen molar-refractivity contribution in [2.24, 2.45) is 0 Å². The summed E-state index contributed by atoms with van der Waals surface area (Å²) in [4.78, 5) is 37.4. The van der Waals surface area contributed by atoms with Gasteiger partial charge in [-0.1, -0.05) is 12.1 Å². The van der Waals surface area contributed by atoms with Crippen molar-refractivity contribution in [3.8, 4) is 5.75 Å². The van der Waals surface area contributed by atoms with Crippen LogP contribution < -0.4 is 15.4 Å². The molecule has 2 aromatic carbocycles. The lowest BCUT2D eigenvalue weighted by Crippen LogP contribution is -2.34. The Morgan fingerprint density at radius 2 is 1.80 bits per heavy atom. The number of methoxy groups -OCH3 is 2. The van der Waals surface area contributed by atoms with E-state index >= 15 is 0 Å². The molecule has 0 fully saturated rings. The Morgan fingerprint density at radius 3 is 2.50 bits per heavy atom. The van der Waals surface area contributed by atoms with Crippen LogP contribution in [0.25, 0.3) is 0 Å². The Hall–Kier alpha value is -3.85. The molecule has 2 aromatic rings. The van der Waals surface area contributed by atoms with Crippen LogP contribution in [0.5, 0.6) is 5.75 Å². The van der Waals surface area contributed by atoms with Crippen molar-refractivity contribution in [1.29, 1.82) is 0 Å². The van der Waals surface area contributed by atoms with Crippen LogP contribution in [0.4, 0.5) is 17.1 Å². The van der Waals surface area contributed by atoms with Crippen LogP contribution in [0, 0.1) is 0 Å². The van der Waals surface area contributed by atoms with Crippen molar-refractivity contribution in [2.45, 2.75) is 0 Å². The molecule has 0 atom stereocenters. The number of carbonyl (C=O) groups is 3. The minimum atomic E-state index is -0.569. The number of para-hydroxylation sites is 2. The van der Waals surface area contributed by atoms with E-state index in [9.17, 15) is 14.4 Å². The molecule has 0 unspecified atom stereocenters. The number of rotatable bonds is 8. The van der Waals surface area contributed by atoms with Gasteiger partial charge in [0.05, 0.1) is 50.0 Å². The molecule has 3 rings (SSSR count). The van der Waals surface area contributed by atoms with Gasteiger partial charge in [-0.05, 0) is 30.3 Å². The molecule has 3 N–H and O–H groups in total. The topological polar surface area (TPSA) is 117 Å². The summed E-state index contributed by atoms with van der Waals surface area (Å²) in [5.74, 6) is -1.05. The maximum Gasteiger partial charge on any atom is 0.337 e. The van der Waals surface area contributed by atoms with Gasteiger partial charge in [-0.25, -0.2) is 4.79 Å². The summed E-state index contributed by atoms with van der Waals surface area (Å²) in [5, 5.41) is 15.2. The monoisotopic (exact) mass is 411 g/mol. The van der Waals surface area contributed by atoms with E-state index in [1.165, 1.54) is 13.2 Å². The Labute approximate surface area is 172 Å². The van der Waals surface area contributed by atoms with Crippen LogP contribution in [-0.4, -0.2) is 55.2 Å². The van der Waals surface area contributed by atoms with Crippen LogP contribution in [0.1, 0.15) is 10.4 Å². The van der Waals surface area contributed by atoms with Crippen LogP contribution in [-0.2, 0) is 14.3 Å². The average Bonchev–Trinajstić information content (AvgIpc) is 3.02. The van der Waals surface area contributed by atoms with E-state index < -0.39 is 17.8 Å². The second kappa shape index (κ2) is 9.10. The maximum atomic E-state index is 12.5. The minimum absolute atomic E-state index is 0.0264. The molecule has 30 heavy (non-hydrogen) atoms. The van der Waals surface area contributed by atoms with Crippen LogP contribution in [0.3, 0.4) is 0 Å². The van der Waals surface area contributed by atoms with E-state index in [1.54, 1.807) is 25.3 Å². The third-order valence-electron chi connectivity index (χ3n) is 4.42. The summed E-state index contributed by atoms with van der Waals surface area (Å²) in [6.07, 6.45) is 1.15. The highest BCUT2D eigenvalue weighted by Gasteiger charge is 2.31. The van der Waals surface area contributed by atoms with E-state index in [-0.39, 0.29) is 24.4 Å². The smallest absolute Gasteiger partial charge is 0.337 e. The predicted octanol–water partition coefficient (Wildman–Crippen LogP) is 1.88. The third kappa shape index (κ3) is 4.26. The lowest BCUT2D eigenvalue weighted by atomic mass is 10.1. The predicted molar refractivity (Wildman–Crippen MR) is 110 cm³/mol. The highest BCUT2D eigenvalue weighted by atomic mass is 16.5. The van der Waals surface area contributed by atoms with Crippen molar-refractivity contribution < 1.29 is 29.0 Å². The molecule has 156 valence electrons. The molecule has 1 aliphatic rings. The number of esters is 1. The summed E-state index contributed by atoms with van der Waals surface area (Å²) in [5.41, 5.74) is 1.86. The van der Waals surface area contributed by atoms with Gasteiger partial charge in [0.1, 0.15) is 11.4 Å². The number of β-amino-alcohol motifs (C(OH)–C–C–N with tert-alkyl or cyclic N) is 1. The minimum Gasteiger partial charge on any atom is -0.495 e. The standard InChI is InChI=1S/C21H21N3O6/c1-29-18-6-4-3-5-15(18)22-14-8-7-13(21(28)30-2)11-16(14)23-17-12-19(26)24(9-10-25)20(17)27/h3-8,11-12,22-23,25H,9-10H2,1-2H3. The summed E-state index contributed by atoms with van der Waals surface area (Å²) in [7, 11) is 2.81. The van der Waals surface area contributed by atoms with Crippen molar-refractivity contribution in [3.63, 3.8) is 0 Å². The largest absolute Gasteiger partial charge is 0.495 e. The van der Waals surface area contributed by atoms with Crippen LogP contribution in [0.2, 0.25) is 0 Å². The second-order valence-electron chi connectivity index (χ2n) is 6.28. The fourth-order valence-corrected chi connectivity index (χ4v) is 2.95. The Kier molecular flexibility index (Phi) is 6.33. The normalized spacial score (nSPS) is 13.2. The molecule has 2 amide bonds. The molecular weight excluding hydrogens is 390 g/mol. The first-order valence-corrected chi connectivity index (χ1v) is 9.06. The first-order valence-electron chi connectivity index (χ1n) is 9.06. The molecule has 0 aliphatic carbocycles. The lowest BCUT2D eigenvalue weighted by Gasteiger charge is -2.18. The fourth-order valence-electron chi connectivity index (χ4n) is 2.95. The number of anilines is 3. The van der Waals surface area contributed by atoms with Crippen molar-refractivity contribution >= 4 is 34.8 Å². The van der Waals surface area contributed by atoms with E-state index in [0.29, 0.717) is 22.8 Å². The van der Waals surface area contributed by atoms with Gasteiger partial charge in [0.25, 0.3) is 11.8 Å². The second-order valence-corrected chi connectivity index (χ2v) is 6.28. The number of aliphatic hydroxyl groups excluding tert-OH is 1. The van der Waals surface area contributed by atoms with Crippen molar-refractivity contribution in [1.82, 2.24) is 4.90 Å². The summed E-state index contributed by atoms with van der Waals surface area (Å²) < 4.78 is 10.1. The van der Waals surface area contributed by atoms with Crippen molar-refractivity contribution in [2.75, 3.05) is 38.0 Å². The molecular formula is C21H21N3O6. The molecule has 0 aromatic heterocycles. The molecule has 0 spiro atoms. The number of imide groups is 1. The van der Waals surface area contributed by atoms with E-state index in [0.717, 1.165) is 11.0 Å². The zero-order valence-corrected chi connectivity index (χ0v) is 16.5. The number of hydrogen-bond donors (Lipinski definition) is 3. The third-order valence-corrected chi connectivity index (χ3v) is 4.42. The van der Waals surface area contributed by atoms with Gasteiger partial charge >= 0.3 is 5.97 Å². The molecule has 9 heteroatoms. The van der Waals surface area contributed by atoms with Gasteiger partial charge in [0, 0.05) is 6.08 Å². The highest BCUT2D eigenvalue weighted by Crippen LogP contribution is 2.33.